The second-order valence-corrected chi connectivity index (χ2v) is 6.13. The summed E-state index contributed by atoms with van der Waals surface area (Å²) in [7, 11) is 0. The van der Waals surface area contributed by atoms with E-state index < -0.39 is 23.1 Å². The minimum absolute atomic E-state index is 0.0244. The van der Waals surface area contributed by atoms with Crippen LogP contribution in [0.4, 0.5) is 10.1 Å². The van der Waals surface area contributed by atoms with Gasteiger partial charge in [0.1, 0.15) is 11.9 Å². The van der Waals surface area contributed by atoms with Crippen molar-refractivity contribution in [2.45, 2.75) is 24.6 Å². The number of thioether (sulfide) groups is 1. The molecule has 1 fully saturated rings. The number of anilines is 1. The Kier molecular flexibility index (Phi) is 5.97. The molecule has 0 saturated carbocycles. The van der Waals surface area contributed by atoms with E-state index in [4.69, 9.17) is 4.74 Å². The number of hydrogen-bond donors (Lipinski definition) is 2. The Morgan fingerprint density at radius 1 is 1.39 bits per heavy atom. The first-order valence-corrected chi connectivity index (χ1v) is 8.18. The number of benzene rings is 1. The van der Waals surface area contributed by atoms with Crippen LogP contribution in [0.25, 0.3) is 0 Å². The van der Waals surface area contributed by atoms with E-state index in [0.717, 1.165) is 0 Å². The summed E-state index contributed by atoms with van der Waals surface area (Å²) in [5.74, 6) is -1.22. The standard InChI is InChI=1S/C15H17FN2O4S/c1-2-22-15(21)11-8-23-12(14(20)18-11)7-13(19)17-10-5-3-9(16)4-6-10/h3-6,11-12H,2,7-8H2,1H3,(H,17,19)(H,18,20)/t11-,12+/m1/s1. The molecule has 1 aliphatic rings. The molecular formula is C15H17FN2O4S. The molecule has 0 spiro atoms. The van der Waals surface area contributed by atoms with Gasteiger partial charge in [-0.05, 0) is 31.2 Å². The maximum absolute atomic E-state index is 12.8. The van der Waals surface area contributed by atoms with Crippen molar-refractivity contribution in [1.29, 1.82) is 0 Å². The number of hydrogen-bond acceptors (Lipinski definition) is 5. The van der Waals surface area contributed by atoms with Crippen LogP contribution in [-0.2, 0) is 19.1 Å². The van der Waals surface area contributed by atoms with Crippen molar-refractivity contribution in [2.75, 3.05) is 17.7 Å². The number of ether oxygens (including phenoxy) is 1. The lowest BCUT2D eigenvalue weighted by Crippen LogP contribution is -2.51. The molecule has 1 saturated heterocycles. The van der Waals surface area contributed by atoms with Gasteiger partial charge in [-0.25, -0.2) is 9.18 Å². The first-order valence-electron chi connectivity index (χ1n) is 7.13. The summed E-state index contributed by atoms with van der Waals surface area (Å²) in [6.07, 6.45) is -0.0244. The fraction of sp³-hybridized carbons (Fsp3) is 0.400. The van der Waals surface area contributed by atoms with Gasteiger partial charge in [-0.2, -0.15) is 0 Å². The van der Waals surface area contributed by atoms with Crippen molar-refractivity contribution < 1.29 is 23.5 Å². The zero-order valence-corrected chi connectivity index (χ0v) is 13.3. The zero-order valence-electron chi connectivity index (χ0n) is 12.5. The van der Waals surface area contributed by atoms with E-state index in [1.165, 1.54) is 36.0 Å². The van der Waals surface area contributed by atoms with Crippen LogP contribution >= 0.6 is 11.8 Å². The lowest BCUT2D eigenvalue weighted by molar-refractivity contribution is -0.146. The third kappa shape index (κ3) is 4.95. The SMILES string of the molecule is CCOC(=O)[C@H]1CS[C@@H](CC(=O)Nc2ccc(F)cc2)C(=O)N1. The van der Waals surface area contributed by atoms with Gasteiger partial charge in [0, 0.05) is 17.9 Å². The van der Waals surface area contributed by atoms with Crippen LogP contribution in [-0.4, -0.2) is 41.4 Å². The lowest BCUT2D eigenvalue weighted by Gasteiger charge is -2.27. The van der Waals surface area contributed by atoms with Gasteiger partial charge in [-0.3, -0.25) is 9.59 Å². The Labute approximate surface area is 137 Å². The molecule has 2 rings (SSSR count). The quantitative estimate of drug-likeness (QED) is 0.790. The van der Waals surface area contributed by atoms with Crippen molar-refractivity contribution in [1.82, 2.24) is 5.32 Å². The highest BCUT2D eigenvalue weighted by Crippen LogP contribution is 2.22. The highest BCUT2D eigenvalue weighted by Gasteiger charge is 2.34. The topological polar surface area (TPSA) is 84.5 Å². The van der Waals surface area contributed by atoms with Crippen LogP contribution in [0.2, 0.25) is 0 Å². The van der Waals surface area contributed by atoms with Crippen LogP contribution in [0.1, 0.15) is 13.3 Å². The number of carbonyl (C=O) groups excluding carboxylic acids is 3. The number of carbonyl (C=O) groups is 3. The van der Waals surface area contributed by atoms with Gasteiger partial charge in [0.2, 0.25) is 11.8 Å². The Bertz CT molecular complexity index is 594. The Hall–Kier alpha value is -2.09. The first-order chi connectivity index (χ1) is 11.0. The van der Waals surface area contributed by atoms with Gasteiger partial charge in [0.25, 0.3) is 0 Å². The van der Waals surface area contributed by atoms with E-state index in [1.807, 2.05) is 0 Å². The fourth-order valence-corrected chi connectivity index (χ4v) is 3.16. The van der Waals surface area contributed by atoms with Crippen LogP contribution in [0.5, 0.6) is 0 Å². The van der Waals surface area contributed by atoms with Crippen LogP contribution < -0.4 is 10.6 Å². The molecule has 2 N–H and O–H groups in total. The van der Waals surface area contributed by atoms with E-state index in [-0.39, 0.29) is 24.8 Å². The number of esters is 1. The van der Waals surface area contributed by atoms with Gasteiger partial charge in [-0.15, -0.1) is 11.8 Å². The number of rotatable bonds is 5. The molecule has 0 unspecified atom stereocenters. The van der Waals surface area contributed by atoms with Gasteiger partial charge in [0.15, 0.2) is 0 Å². The summed E-state index contributed by atoms with van der Waals surface area (Å²) in [6, 6.07) is 4.68. The van der Waals surface area contributed by atoms with E-state index >= 15 is 0 Å². The van der Waals surface area contributed by atoms with Gasteiger partial charge in [-0.1, -0.05) is 0 Å². The van der Waals surface area contributed by atoms with Crippen LogP contribution in [0.3, 0.4) is 0 Å². The van der Waals surface area contributed by atoms with Crippen LogP contribution in [0.15, 0.2) is 24.3 Å². The highest BCUT2D eigenvalue weighted by molar-refractivity contribution is 8.00. The summed E-state index contributed by atoms with van der Waals surface area (Å²) in [4.78, 5) is 35.5. The first kappa shape index (κ1) is 17.3. The molecule has 0 aromatic heterocycles. The highest BCUT2D eigenvalue weighted by atomic mass is 32.2. The Balaban J connectivity index is 1.84. The third-order valence-corrected chi connectivity index (χ3v) is 4.45. The van der Waals surface area contributed by atoms with Crippen molar-refractivity contribution >= 4 is 35.2 Å². The smallest absolute Gasteiger partial charge is 0.329 e. The summed E-state index contributed by atoms with van der Waals surface area (Å²) >= 11 is 1.24. The van der Waals surface area contributed by atoms with Crippen molar-refractivity contribution in [3.63, 3.8) is 0 Å². The number of amides is 2. The average Bonchev–Trinajstić information content (AvgIpc) is 2.52. The van der Waals surface area contributed by atoms with Gasteiger partial charge < -0.3 is 15.4 Å². The molecule has 0 radical (unpaired) electrons. The molecule has 0 bridgehead atoms. The molecule has 1 aromatic carbocycles. The second-order valence-electron chi connectivity index (χ2n) is 4.89. The molecule has 1 heterocycles. The van der Waals surface area contributed by atoms with Gasteiger partial charge in [0.05, 0.1) is 11.9 Å². The molecule has 1 aromatic rings. The van der Waals surface area contributed by atoms with E-state index in [0.29, 0.717) is 11.4 Å². The Morgan fingerprint density at radius 2 is 2.09 bits per heavy atom. The normalized spacial score (nSPS) is 20.5. The van der Waals surface area contributed by atoms with E-state index in [1.54, 1.807) is 6.92 Å². The maximum Gasteiger partial charge on any atom is 0.329 e. The van der Waals surface area contributed by atoms with Crippen molar-refractivity contribution in [3.05, 3.63) is 30.1 Å². The zero-order chi connectivity index (χ0) is 16.8. The average molecular weight is 340 g/mol. The predicted octanol–water partition coefficient (Wildman–Crippen LogP) is 1.32. The van der Waals surface area contributed by atoms with Crippen LogP contribution in [0, 0.1) is 5.82 Å². The van der Waals surface area contributed by atoms with E-state index in [2.05, 4.69) is 10.6 Å². The molecule has 2 atom stereocenters. The van der Waals surface area contributed by atoms with E-state index in [9.17, 15) is 18.8 Å². The molecule has 124 valence electrons. The van der Waals surface area contributed by atoms with Gasteiger partial charge >= 0.3 is 5.97 Å². The molecule has 1 aliphatic heterocycles. The summed E-state index contributed by atoms with van der Waals surface area (Å²) < 4.78 is 17.7. The second kappa shape index (κ2) is 7.96. The number of halogens is 1. The molecule has 6 nitrogen and oxygen atoms in total. The summed E-state index contributed by atoms with van der Waals surface area (Å²) in [6.45, 7) is 1.94. The lowest BCUT2D eigenvalue weighted by atomic mass is 10.2. The minimum Gasteiger partial charge on any atom is -0.464 e. The summed E-state index contributed by atoms with van der Waals surface area (Å²) in [5.41, 5.74) is 0.460. The predicted molar refractivity (Wildman–Crippen MR) is 84.5 cm³/mol. The third-order valence-electron chi connectivity index (χ3n) is 3.14. The fourth-order valence-electron chi connectivity index (χ4n) is 2.03. The molecular weight excluding hydrogens is 323 g/mol. The largest absolute Gasteiger partial charge is 0.464 e. The minimum atomic E-state index is -0.677. The maximum atomic E-state index is 12.8. The van der Waals surface area contributed by atoms with Crippen molar-refractivity contribution in [3.8, 4) is 0 Å². The number of nitrogens with one attached hydrogen (secondary N) is 2. The van der Waals surface area contributed by atoms with Crippen molar-refractivity contribution in [2.24, 2.45) is 0 Å². The molecule has 23 heavy (non-hydrogen) atoms. The summed E-state index contributed by atoms with van der Waals surface area (Å²) in [5, 5.41) is 4.60. The molecule has 2 amide bonds. The molecule has 0 aliphatic carbocycles. The monoisotopic (exact) mass is 340 g/mol. The Morgan fingerprint density at radius 3 is 2.70 bits per heavy atom. The molecule has 8 heteroatoms.